The fourth-order valence-corrected chi connectivity index (χ4v) is 3.40. The van der Waals surface area contributed by atoms with Crippen LogP contribution in [0.1, 0.15) is 11.1 Å². The highest BCUT2D eigenvalue weighted by molar-refractivity contribution is 7.90. The van der Waals surface area contributed by atoms with E-state index in [1.54, 1.807) is 24.3 Å². The van der Waals surface area contributed by atoms with Gasteiger partial charge in [0.05, 0.1) is 0 Å². The number of fused-ring (bicyclic) bond motifs is 1. The maximum atomic E-state index is 12.5. The molecule has 0 saturated carbocycles. The number of nitrogens with one attached hydrogen (secondary N) is 2. The largest absolute Gasteiger partial charge is 0.283 e. The molecule has 0 saturated heterocycles. The van der Waals surface area contributed by atoms with Crippen LogP contribution in [0.25, 0.3) is 0 Å². The number of pyridine rings is 1. The summed E-state index contributed by atoms with van der Waals surface area (Å²) in [4.78, 5) is 3.74. The predicted octanol–water partition coefficient (Wildman–Crippen LogP) is 1.44. The molecule has 1 aromatic carbocycles. The van der Waals surface area contributed by atoms with Crippen molar-refractivity contribution in [1.82, 2.24) is 9.29 Å². The van der Waals surface area contributed by atoms with E-state index in [0.29, 0.717) is 11.1 Å². The van der Waals surface area contributed by atoms with E-state index in [4.69, 9.17) is 10.8 Å². The molecular weight excluding hydrogens is 276 g/mol. The van der Waals surface area contributed by atoms with Crippen molar-refractivity contribution in [2.75, 3.05) is 0 Å². The molecule has 0 fully saturated rings. The van der Waals surface area contributed by atoms with Crippen LogP contribution in [0.2, 0.25) is 0 Å². The third-order valence-corrected chi connectivity index (χ3v) is 4.70. The Labute approximate surface area is 115 Å². The van der Waals surface area contributed by atoms with Crippen LogP contribution in [0.5, 0.6) is 0 Å². The number of aromatic nitrogens is 1. The SMILES string of the molecule is N=C1c2ccccc2C(=N)N1S(=O)(=O)c1cccnc1. The van der Waals surface area contributed by atoms with Gasteiger partial charge in [0.1, 0.15) is 16.6 Å². The molecule has 0 atom stereocenters. The summed E-state index contributed by atoms with van der Waals surface area (Å²) in [6, 6.07) is 9.58. The first-order valence-corrected chi connectivity index (χ1v) is 7.20. The minimum absolute atomic E-state index is 0.0395. The average molecular weight is 286 g/mol. The van der Waals surface area contributed by atoms with Gasteiger partial charge in [0.25, 0.3) is 10.0 Å². The summed E-state index contributed by atoms with van der Waals surface area (Å²) in [6.07, 6.45) is 2.67. The molecule has 0 amide bonds. The molecule has 1 aromatic heterocycles. The number of rotatable bonds is 2. The number of benzene rings is 1. The lowest BCUT2D eigenvalue weighted by Crippen LogP contribution is -2.36. The molecule has 0 radical (unpaired) electrons. The summed E-state index contributed by atoms with van der Waals surface area (Å²) in [5.74, 6) is -0.427. The fourth-order valence-electron chi connectivity index (χ4n) is 2.07. The first-order valence-electron chi connectivity index (χ1n) is 5.76. The minimum Gasteiger partial charge on any atom is -0.283 e. The predicted molar refractivity (Wildman–Crippen MR) is 73.4 cm³/mol. The Balaban J connectivity index is 2.15. The normalized spacial score (nSPS) is 14.5. The number of sulfonamides is 1. The number of amidine groups is 2. The van der Waals surface area contributed by atoms with Gasteiger partial charge in [0.2, 0.25) is 0 Å². The van der Waals surface area contributed by atoms with Gasteiger partial charge in [-0.2, -0.15) is 0 Å². The minimum atomic E-state index is -3.98. The van der Waals surface area contributed by atoms with E-state index < -0.39 is 10.0 Å². The van der Waals surface area contributed by atoms with Gasteiger partial charge >= 0.3 is 0 Å². The van der Waals surface area contributed by atoms with E-state index in [0.717, 1.165) is 4.31 Å². The van der Waals surface area contributed by atoms with E-state index in [9.17, 15) is 8.42 Å². The van der Waals surface area contributed by atoms with Crippen LogP contribution in [0.15, 0.2) is 53.7 Å². The molecule has 0 aliphatic carbocycles. The Bertz CT molecular complexity index is 780. The zero-order chi connectivity index (χ0) is 14.3. The third kappa shape index (κ3) is 1.64. The lowest BCUT2D eigenvalue weighted by molar-refractivity contribution is 0.570. The quantitative estimate of drug-likeness (QED) is 0.873. The second kappa shape index (κ2) is 4.24. The standard InChI is InChI=1S/C13H10N4O2S/c14-12-10-5-1-2-6-11(10)13(15)17(12)20(18,19)9-4-3-7-16-8-9/h1-8,14-15H. The first-order chi connectivity index (χ1) is 9.53. The smallest absolute Gasteiger partial charge is 0.272 e. The van der Waals surface area contributed by atoms with Gasteiger partial charge < -0.3 is 0 Å². The van der Waals surface area contributed by atoms with Crippen LogP contribution in [0.3, 0.4) is 0 Å². The average Bonchev–Trinajstić information content (AvgIpc) is 2.73. The van der Waals surface area contributed by atoms with Crippen molar-refractivity contribution in [3.8, 4) is 0 Å². The van der Waals surface area contributed by atoms with E-state index in [2.05, 4.69) is 4.98 Å². The second-order valence-corrected chi connectivity index (χ2v) is 5.99. The summed E-state index contributed by atoms with van der Waals surface area (Å²) in [5, 5.41) is 16.0. The van der Waals surface area contributed by atoms with E-state index in [1.807, 2.05) is 0 Å². The number of nitrogens with zero attached hydrogens (tertiary/aromatic N) is 2. The van der Waals surface area contributed by atoms with Crippen molar-refractivity contribution in [3.63, 3.8) is 0 Å². The molecule has 0 spiro atoms. The molecule has 2 N–H and O–H groups in total. The molecule has 7 heteroatoms. The summed E-state index contributed by atoms with van der Waals surface area (Å²) >= 11 is 0. The van der Waals surface area contributed by atoms with Gasteiger partial charge in [-0.15, -0.1) is 0 Å². The fraction of sp³-hybridized carbons (Fsp3) is 0. The molecule has 20 heavy (non-hydrogen) atoms. The highest BCUT2D eigenvalue weighted by Crippen LogP contribution is 2.27. The van der Waals surface area contributed by atoms with Crippen LogP contribution in [0.4, 0.5) is 0 Å². The summed E-state index contributed by atoms with van der Waals surface area (Å²) in [5.41, 5.74) is 0.870. The highest BCUT2D eigenvalue weighted by Gasteiger charge is 2.38. The van der Waals surface area contributed by atoms with Gasteiger partial charge in [0.15, 0.2) is 0 Å². The Hall–Kier alpha value is -2.54. The van der Waals surface area contributed by atoms with Gasteiger partial charge in [-0.05, 0) is 12.1 Å². The van der Waals surface area contributed by atoms with Crippen molar-refractivity contribution in [3.05, 3.63) is 59.9 Å². The first kappa shape index (κ1) is 12.5. The molecular formula is C13H10N4O2S. The molecule has 0 bridgehead atoms. The number of hydrogen-bond acceptors (Lipinski definition) is 5. The molecule has 2 heterocycles. The van der Waals surface area contributed by atoms with Crippen molar-refractivity contribution in [2.24, 2.45) is 0 Å². The maximum Gasteiger partial charge on any atom is 0.272 e. The van der Waals surface area contributed by atoms with Gasteiger partial charge in [0, 0.05) is 23.5 Å². The van der Waals surface area contributed by atoms with Crippen LogP contribution in [-0.2, 0) is 10.0 Å². The van der Waals surface area contributed by atoms with E-state index in [-0.39, 0.29) is 16.6 Å². The van der Waals surface area contributed by atoms with Crippen LogP contribution < -0.4 is 0 Å². The van der Waals surface area contributed by atoms with Crippen LogP contribution >= 0.6 is 0 Å². The van der Waals surface area contributed by atoms with Crippen molar-refractivity contribution in [1.29, 1.82) is 10.8 Å². The lowest BCUT2D eigenvalue weighted by Gasteiger charge is -2.17. The summed E-state index contributed by atoms with van der Waals surface area (Å²) in [7, 11) is -3.98. The van der Waals surface area contributed by atoms with Gasteiger partial charge in [-0.3, -0.25) is 15.8 Å². The van der Waals surface area contributed by atoms with Gasteiger partial charge in [-0.25, -0.2) is 12.7 Å². The van der Waals surface area contributed by atoms with E-state index in [1.165, 1.54) is 24.5 Å². The number of hydrogen-bond donors (Lipinski definition) is 2. The molecule has 6 nitrogen and oxygen atoms in total. The Morgan fingerprint density at radius 3 is 2.05 bits per heavy atom. The van der Waals surface area contributed by atoms with Crippen molar-refractivity contribution < 1.29 is 8.42 Å². The topological polar surface area (TPSA) is 98.0 Å². The Morgan fingerprint density at radius 2 is 1.55 bits per heavy atom. The van der Waals surface area contributed by atoms with Crippen LogP contribution in [0, 0.1) is 10.8 Å². The van der Waals surface area contributed by atoms with Crippen LogP contribution in [-0.4, -0.2) is 29.4 Å². The molecule has 3 rings (SSSR count). The zero-order valence-electron chi connectivity index (χ0n) is 10.2. The van der Waals surface area contributed by atoms with Crippen molar-refractivity contribution >= 4 is 21.7 Å². The molecule has 2 aromatic rings. The summed E-state index contributed by atoms with van der Waals surface area (Å²) in [6.45, 7) is 0. The maximum absolute atomic E-state index is 12.5. The molecule has 0 unspecified atom stereocenters. The second-order valence-electron chi connectivity index (χ2n) is 4.20. The summed E-state index contributed by atoms with van der Waals surface area (Å²) < 4.78 is 25.8. The monoisotopic (exact) mass is 286 g/mol. The Morgan fingerprint density at radius 1 is 0.950 bits per heavy atom. The molecule has 100 valence electrons. The molecule has 1 aliphatic rings. The zero-order valence-corrected chi connectivity index (χ0v) is 11.1. The van der Waals surface area contributed by atoms with E-state index >= 15 is 0 Å². The lowest BCUT2D eigenvalue weighted by atomic mass is 10.1. The Kier molecular flexibility index (Phi) is 2.65. The van der Waals surface area contributed by atoms with Crippen molar-refractivity contribution in [2.45, 2.75) is 4.90 Å². The van der Waals surface area contributed by atoms with Gasteiger partial charge in [-0.1, -0.05) is 24.3 Å². The third-order valence-electron chi connectivity index (χ3n) is 3.02. The molecule has 1 aliphatic heterocycles. The highest BCUT2D eigenvalue weighted by atomic mass is 32.2.